The molecule has 0 amide bonds. The van der Waals surface area contributed by atoms with Gasteiger partial charge < -0.3 is 15.4 Å². The van der Waals surface area contributed by atoms with Crippen LogP contribution in [-0.2, 0) is 6.54 Å². The van der Waals surface area contributed by atoms with Gasteiger partial charge in [-0.15, -0.1) is 0 Å². The summed E-state index contributed by atoms with van der Waals surface area (Å²) in [5.41, 5.74) is 2.38. The lowest BCUT2D eigenvalue weighted by Gasteiger charge is -2.30. The van der Waals surface area contributed by atoms with Gasteiger partial charge in [0.2, 0.25) is 5.88 Å². The van der Waals surface area contributed by atoms with E-state index < -0.39 is 0 Å². The molecular weight excluding hydrogens is 338 g/mol. The maximum atomic E-state index is 5.09. The van der Waals surface area contributed by atoms with E-state index in [-0.39, 0.29) is 0 Å². The monoisotopic (exact) mass is 369 g/mol. The molecule has 2 aromatic rings. The first-order valence-corrected chi connectivity index (χ1v) is 9.44. The minimum atomic E-state index is 0.294. The van der Waals surface area contributed by atoms with Gasteiger partial charge in [0.1, 0.15) is 0 Å². The first-order valence-electron chi connectivity index (χ1n) is 9.44. The third kappa shape index (κ3) is 6.25. The molecule has 1 aromatic heterocycles. The summed E-state index contributed by atoms with van der Waals surface area (Å²) in [6, 6.07) is 14.8. The zero-order valence-corrected chi connectivity index (χ0v) is 16.8. The van der Waals surface area contributed by atoms with Crippen LogP contribution < -0.4 is 15.4 Å². The molecule has 0 saturated carbocycles. The van der Waals surface area contributed by atoms with E-state index in [9.17, 15) is 0 Å². The predicted octanol–water partition coefficient (Wildman–Crippen LogP) is 2.84. The molecule has 1 aromatic carbocycles. The zero-order valence-electron chi connectivity index (χ0n) is 16.8. The van der Waals surface area contributed by atoms with E-state index >= 15 is 0 Å². The fourth-order valence-corrected chi connectivity index (χ4v) is 3.03. The number of ether oxygens (including phenoxy) is 1. The highest BCUT2D eigenvalue weighted by atomic mass is 16.5. The maximum absolute atomic E-state index is 5.09. The Labute approximate surface area is 162 Å². The number of aliphatic imine (C=N–C) groups is 1. The number of hydrogen-bond acceptors (Lipinski definition) is 4. The third-order valence-electron chi connectivity index (χ3n) is 4.59. The van der Waals surface area contributed by atoms with Gasteiger partial charge >= 0.3 is 0 Å². The first-order chi connectivity index (χ1) is 13.2. The molecule has 0 aliphatic carbocycles. The summed E-state index contributed by atoms with van der Waals surface area (Å²) in [5.74, 6) is 1.39. The number of benzene rings is 1. The molecule has 0 aliphatic rings. The fraction of sp³-hybridized carbons (Fsp3) is 0.429. The summed E-state index contributed by atoms with van der Waals surface area (Å²) in [6.07, 6.45) is 1.81. The van der Waals surface area contributed by atoms with Crippen LogP contribution >= 0.6 is 0 Å². The Bertz CT molecular complexity index is 683. The van der Waals surface area contributed by atoms with Gasteiger partial charge in [0.15, 0.2) is 5.96 Å². The number of nitrogens with one attached hydrogen (secondary N) is 2. The summed E-state index contributed by atoms with van der Waals surface area (Å²) in [5, 5.41) is 6.81. The average Bonchev–Trinajstić information content (AvgIpc) is 2.74. The number of hydrogen-bond donors (Lipinski definition) is 2. The summed E-state index contributed by atoms with van der Waals surface area (Å²) in [6.45, 7) is 7.83. The van der Waals surface area contributed by atoms with Gasteiger partial charge in [0.25, 0.3) is 0 Å². The molecule has 0 aliphatic heterocycles. The summed E-state index contributed by atoms with van der Waals surface area (Å²) < 4.78 is 5.09. The van der Waals surface area contributed by atoms with Crippen molar-refractivity contribution in [2.75, 3.05) is 33.8 Å². The van der Waals surface area contributed by atoms with Crippen LogP contribution in [0.15, 0.2) is 53.7 Å². The normalized spacial score (nSPS) is 12.7. The molecule has 2 rings (SSSR count). The molecule has 0 spiro atoms. The quantitative estimate of drug-likeness (QED) is 0.526. The SMILES string of the molecule is CCN(CC)C(CNC(=NC)NCc1ccc(OC)nc1)c1ccccc1. The lowest BCUT2D eigenvalue weighted by Crippen LogP contribution is -2.43. The van der Waals surface area contributed by atoms with Crippen molar-refractivity contribution >= 4 is 5.96 Å². The number of pyridine rings is 1. The van der Waals surface area contributed by atoms with Gasteiger partial charge in [-0.2, -0.15) is 0 Å². The molecular formula is C21H31N5O. The molecule has 1 unspecified atom stereocenters. The van der Waals surface area contributed by atoms with Gasteiger partial charge in [0, 0.05) is 32.4 Å². The average molecular weight is 370 g/mol. The minimum absolute atomic E-state index is 0.294. The minimum Gasteiger partial charge on any atom is -0.481 e. The van der Waals surface area contributed by atoms with Crippen LogP contribution in [0.2, 0.25) is 0 Å². The number of nitrogens with zero attached hydrogens (tertiary/aromatic N) is 3. The molecule has 146 valence electrons. The predicted molar refractivity (Wildman–Crippen MR) is 111 cm³/mol. The van der Waals surface area contributed by atoms with Crippen molar-refractivity contribution in [1.29, 1.82) is 0 Å². The maximum Gasteiger partial charge on any atom is 0.212 e. The standard InChI is InChI=1S/C21H31N5O/c1-5-26(6-2)19(18-10-8-7-9-11-18)16-25-21(22-3)24-15-17-12-13-20(27-4)23-14-17/h7-14,19H,5-6,15-16H2,1-4H3,(H2,22,24,25). The van der Waals surface area contributed by atoms with E-state index in [1.807, 2.05) is 18.3 Å². The molecule has 0 fully saturated rings. The Kier molecular flexibility index (Phi) is 8.58. The van der Waals surface area contributed by atoms with Crippen LogP contribution in [0.5, 0.6) is 5.88 Å². The van der Waals surface area contributed by atoms with E-state index in [1.165, 1.54) is 5.56 Å². The largest absolute Gasteiger partial charge is 0.481 e. The number of aromatic nitrogens is 1. The zero-order chi connectivity index (χ0) is 19.5. The van der Waals surface area contributed by atoms with E-state index in [1.54, 1.807) is 14.2 Å². The summed E-state index contributed by atoms with van der Waals surface area (Å²) in [4.78, 5) is 11.0. The molecule has 0 bridgehead atoms. The Morgan fingerprint density at radius 2 is 1.85 bits per heavy atom. The Hall–Kier alpha value is -2.60. The van der Waals surface area contributed by atoms with E-state index in [4.69, 9.17) is 4.74 Å². The number of guanidine groups is 1. The van der Waals surface area contributed by atoms with Gasteiger partial charge in [-0.05, 0) is 24.2 Å². The lowest BCUT2D eigenvalue weighted by molar-refractivity contribution is 0.219. The molecule has 6 nitrogen and oxygen atoms in total. The lowest BCUT2D eigenvalue weighted by atomic mass is 10.1. The molecule has 27 heavy (non-hydrogen) atoms. The van der Waals surface area contributed by atoms with E-state index in [0.717, 1.165) is 31.2 Å². The van der Waals surface area contributed by atoms with Crippen LogP contribution in [0.3, 0.4) is 0 Å². The third-order valence-corrected chi connectivity index (χ3v) is 4.59. The highest BCUT2D eigenvalue weighted by molar-refractivity contribution is 5.79. The Morgan fingerprint density at radius 3 is 2.41 bits per heavy atom. The van der Waals surface area contributed by atoms with Gasteiger partial charge in [0.05, 0.1) is 13.2 Å². The second kappa shape index (κ2) is 11.2. The van der Waals surface area contributed by atoms with Crippen molar-refractivity contribution in [2.45, 2.75) is 26.4 Å². The molecule has 6 heteroatoms. The summed E-state index contributed by atoms with van der Waals surface area (Å²) >= 11 is 0. The van der Waals surface area contributed by atoms with Gasteiger partial charge in [-0.25, -0.2) is 4.98 Å². The fourth-order valence-electron chi connectivity index (χ4n) is 3.03. The molecule has 0 radical (unpaired) electrons. The molecule has 1 heterocycles. The number of rotatable bonds is 9. The Morgan fingerprint density at radius 1 is 1.11 bits per heavy atom. The van der Waals surface area contributed by atoms with Crippen molar-refractivity contribution in [2.24, 2.45) is 4.99 Å². The van der Waals surface area contributed by atoms with Crippen LogP contribution in [0.25, 0.3) is 0 Å². The van der Waals surface area contributed by atoms with E-state index in [0.29, 0.717) is 18.5 Å². The molecule has 0 saturated heterocycles. The molecule has 1 atom stereocenters. The van der Waals surface area contributed by atoms with Crippen molar-refractivity contribution < 1.29 is 4.74 Å². The Balaban J connectivity index is 1.96. The first kappa shape index (κ1) is 20.7. The van der Waals surface area contributed by atoms with Gasteiger partial charge in [-0.1, -0.05) is 50.2 Å². The number of likely N-dealkylation sites (N-methyl/N-ethyl adjacent to an activating group) is 1. The van der Waals surface area contributed by atoms with Crippen LogP contribution in [-0.4, -0.2) is 49.6 Å². The highest BCUT2D eigenvalue weighted by Gasteiger charge is 2.18. The van der Waals surface area contributed by atoms with Crippen LogP contribution in [0.1, 0.15) is 31.0 Å². The summed E-state index contributed by atoms with van der Waals surface area (Å²) in [7, 11) is 3.40. The second-order valence-electron chi connectivity index (χ2n) is 6.16. The van der Waals surface area contributed by atoms with Crippen molar-refractivity contribution in [3.63, 3.8) is 0 Å². The topological polar surface area (TPSA) is 61.8 Å². The van der Waals surface area contributed by atoms with Gasteiger partial charge in [-0.3, -0.25) is 9.89 Å². The van der Waals surface area contributed by atoms with E-state index in [2.05, 4.69) is 69.7 Å². The smallest absolute Gasteiger partial charge is 0.212 e. The second-order valence-corrected chi connectivity index (χ2v) is 6.16. The number of methoxy groups -OCH3 is 1. The van der Waals surface area contributed by atoms with Crippen molar-refractivity contribution in [3.8, 4) is 5.88 Å². The van der Waals surface area contributed by atoms with Crippen LogP contribution in [0, 0.1) is 0 Å². The molecule has 2 N–H and O–H groups in total. The highest BCUT2D eigenvalue weighted by Crippen LogP contribution is 2.19. The van der Waals surface area contributed by atoms with Crippen LogP contribution in [0.4, 0.5) is 0 Å². The van der Waals surface area contributed by atoms with Crippen molar-refractivity contribution in [3.05, 3.63) is 59.8 Å². The van der Waals surface area contributed by atoms with Crippen molar-refractivity contribution in [1.82, 2.24) is 20.5 Å².